The summed E-state index contributed by atoms with van der Waals surface area (Å²) in [6.07, 6.45) is 1.17. The molecule has 190 valence electrons. The Hall–Kier alpha value is -4.16. The van der Waals surface area contributed by atoms with Crippen molar-refractivity contribution in [2.75, 3.05) is 11.1 Å². The van der Waals surface area contributed by atoms with Gasteiger partial charge in [0.2, 0.25) is 5.91 Å². The largest absolute Gasteiger partial charge is 0.326 e. The standard InChI is InChI=1S/C32H29N3O2S/c1-3-38-28-15-8-23(9-16-28)19-31(37)33-27-13-11-26(12-14-27)32-34-29-18-25(21-36)10-17-30(29)35(32)20-24-6-4-22(2)5-7-24/h4-18,21H,3,19-20H2,1-2H3,(H,33,37). The molecule has 0 radical (unpaired) electrons. The highest BCUT2D eigenvalue weighted by atomic mass is 32.2. The summed E-state index contributed by atoms with van der Waals surface area (Å²) < 4.78 is 2.17. The zero-order valence-corrected chi connectivity index (χ0v) is 22.3. The Balaban J connectivity index is 1.37. The number of nitrogens with zero attached hydrogens (tertiary/aromatic N) is 2. The molecule has 0 saturated heterocycles. The van der Waals surface area contributed by atoms with Crippen molar-refractivity contribution in [2.24, 2.45) is 0 Å². The molecular formula is C32H29N3O2S. The maximum absolute atomic E-state index is 12.6. The number of nitrogens with one attached hydrogen (secondary N) is 1. The molecule has 0 aliphatic heterocycles. The molecule has 4 aromatic carbocycles. The number of rotatable bonds is 9. The van der Waals surface area contributed by atoms with E-state index in [4.69, 9.17) is 4.98 Å². The average Bonchev–Trinajstić information content (AvgIpc) is 3.29. The minimum Gasteiger partial charge on any atom is -0.326 e. The van der Waals surface area contributed by atoms with Crippen molar-refractivity contribution in [3.63, 3.8) is 0 Å². The number of hydrogen-bond donors (Lipinski definition) is 1. The number of fused-ring (bicyclic) bond motifs is 1. The summed E-state index contributed by atoms with van der Waals surface area (Å²) >= 11 is 1.79. The van der Waals surface area contributed by atoms with Gasteiger partial charge in [0, 0.05) is 28.3 Å². The zero-order valence-electron chi connectivity index (χ0n) is 21.5. The summed E-state index contributed by atoms with van der Waals surface area (Å²) in [7, 11) is 0. The number of hydrogen-bond acceptors (Lipinski definition) is 4. The van der Waals surface area contributed by atoms with Crippen LogP contribution in [0.1, 0.15) is 34.0 Å². The van der Waals surface area contributed by atoms with E-state index in [2.05, 4.69) is 60.1 Å². The quantitative estimate of drug-likeness (QED) is 0.166. The van der Waals surface area contributed by atoms with Gasteiger partial charge in [-0.25, -0.2) is 4.98 Å². The average molecular weight is 520 g/mol. The van der Waals surface area contributed by atoms with Crippen LogP contribution in [0, 0.1) is 6.92 Å². The Morgan fingerprint density at radius 1 is 0.921 bits per heavy atom. The number of aryl methyl sites for hydroxylation is 1. The van der Waals surface area contributed by atoms with Crippen molar-refractivity contribution in [1.82, 2.24) is 9.55 Å². The monoisotopic (exact) mass is 519 g/mol. The summed E-state index contributed by atoms with van der Waals surface area (Å²) in [6.45, 7) is 4.85. The molecule has 0 unspecified atom stereocenters. The number of benzene rings is 4. The molecule has 5 nitrogen and oxygen atoms in total. The molecule has 1 aromatic heterocycles. The lowest BCUT2D eigenvalue weighted by molar-refractivity contribution is -0.115. The number of imidazole rings is 1. The maximum atomic E-state index is 12.6. The molecule has 0 saturated carbocycles. The van der Waals surface area contributed by atoms with Crippen LogP contribution in [0.5, 0.6) is 0 Å². The van der Waals surface area contributed by atoms with Gasteiger partial charge in [-0.2, -0.15) is 0 Å². The van der Waals surface area contributed by atoms with E-state index < -0.39 is 0 Å². The van der Waals surface area contributed by atoms with Gasteiger partial charge >= 0.3 is 0 Å². The molecule has 1 amide bonds. The summed E-state index contributed by atoms with van der Waals surface area (Å²) in [5.41, 5.74) is 7.37. The minimum atomic E-state index is -0.0540. The van der Waals surface area contributed by atoms with E-state index in [9.17, 15) is 9.59 Å². The number of carbonyl (C=O) groups is 2. The molecule has 1 N–H and O–H groups in total. The SMILES string of the molecule is CCSc1ccc(CC(=O)Nc2ccc(-c3nc4cc(C=O)ccc4n3Cc3ccc(C)cc3)cc2)cc1. The second kappa shape index (κ2) is 11.5. The van der Waals surface area contributed by atoms with Gasteiger partial charge in [0.15, 0.2) is 0 Å². The van der Waals surface area contributed by atoms with Crippen molar-refractivity contribution in [2.45, 2.75) is 31.7 Å². The number of anilines is 1. The van der Waals surface area contributed by atoms with Crippen LogP contribution in [0.4, 0.5) is 5.69 Å². The van der Waals surface area contributed by atoms with Gasteiger partial charge in [-0.3, -0.25) is 9.59 Å². The van der Waals surface area contributed by atoms with Crippen LogP contribution in [-0.2, 0) is 17.8 Å². The van der Waals surface area contributed by atoms with Crippen molar-refractivity contribution in [3.8, 4) is 11.4 Å². The van der Waals surface area contributed by atoms with Gasteiger partial charge in [0.05, 0.1) is 17.5 Å². The second-order valence-corrected chi connectivity index (χ2v) is 10.6. The highest BCUT2D eigenvalue weighted by Gasteiger charge is 2.14. The highest BCUT2D eigenvalue weighted by molar-refractivity contribution is 7.99. The van der Waals surface area contributed by atoms with E-state index in [1.807, 2.05) is 54.6 Å². The lowest BCUT2D eigenvalue weighted by atomic mass is 10.1. The number of aldehydes is 1. The number of thioether (sulfide) groups is 1. The molecule has 0 atom stereocenters. The predicted molar refractivity (Wildman–Crippen MR) is 156 cm³/mol. The van der Waals surface area contributed by atoms with Gasteiger partial charge in [-0.1, -0.05) is 48.9 Å². The van der Waals surface area contributed by atoms with Crippen LogP contribution in [0.3, 0.4) is 0 Å². The smallest absolute Gasteiger partial charge is 0.228 e. The molecule has 5 aromatic rings. The van der Waals surface area contributed by atoms with Crippen molar-refractivity contribution >= 4 is 40.7 Å². The van der Waals surface area contributed by atoms with E-state index in [1.54, 1.807) is 11.8 Å². The van der Waals surface area contributed by atoms with E-state index in [0.717, 1.165) is 45.7 Å². The fourth-order valence-electron chi connectivity index (χ4n) is 4.44. The lowest BCUT2D eigenvalue weighted by Gasteiger charge is -2.11. The Kier molecular flexibility index (Phi) is 7.70. The molecule has 6 heteroatoms. The third-order valence-electron chi connectivity index (χ3n) is 6.40. The first-order valence-corrected chi connectivity index (χ1v) is 13.6. The highest BCUT2D eigenvalue weighted by Crippen LogP contribution is 2.28. The molecule has 0 aliphatic carbocycles. The van der Waals surface area contributed by atoms with Crippen molar-refractivity contribution < 1.29 is 9.59 Å². The first-order valence-electron chi connectivity index (χ1n) is 12.7. The fourth-order valence-corrected chi connectivity index (χ4v) is 5.10. The van der Waals surface area contributed by atoms with Crippen LogP contribution < -0.4 is 5.32 Å². The minimum absolute atomic E-state index is 0.0540. The Morgan fingerprint density at radius 3 is 2.32 bits per heavy atom. The molecule has 38 heavy (non-hydrogen) atoms. The van der Waals surface area contributed by atoms with Gasteiger partial charge in [-0.15, -0.1) is 11.8 Å². The van der Waals surface area contributed by atoms with Crippen molar-refractivity contribution in [1.29, 1.82) is 0 Å². The number of amides is 1. The topological polar surface area (TPSA) is 64.0 Å². The molecule has 0 bridgehead atoms. The molecule has 0 spiro atoms. The third kappa shape index (κ3) is 5.87. The first-order chi connectivity index (χ1) is 18.5. The predicted octanol–water partition coefficient (Wildman–Crippen LogP) is 7.17. The van der Waals surface area contributed by atoms with Gasteiger partial charge in [0.1, 0.15) is 12.1 Å². The molecule has 1 heterocycles. The van der Waals surface area contributed by atoms with Crippen LogP contribution in [0.25, 0.3) is 22.4 Å². The van der Waals surface area contributed by atoms with E-state index in [1.165, 1.54) is 16.0 Å². The molecule has 5 rings (SSSR count). The summed E-state index contributed by atoms with van der Waals surface area (Å²) in [5.74, 6) is 1.78. The van der Waals surface area contributed by atoms with E-state index in [-0.39, 0.29) is 5.91 Å². The fraction of sp³-hybridized carbons (Fsp3) is 0.156. The van der Waals surface area contributed by atoms with Crippen molar-refractivity contribution in [3.05, 3.63) is 113 Å². The number of carbonyl (C=O) groups excluding carboxylic acids is 2. The van der Waals surface area contributed by atoms with Gasteiger partial charge in [0.25, 0.3) is 0 Å². The lowest BCUT2D eigenvalue weighted by Crippen LogP contribution is -2.14. The molecule has 0 aliphatic rings. The summed E-state index contributed by atoms with van der Waals surface area (Å²) in [4.78, 5) is 30.1. The Labute approximate surface area is 226 Å². The summed E-state index contributed by atoms with van der Waals surface area (Å²) in [6, 6.07) is 29.9. The van der Waals surface area contributed by atoms with Gasteiger partial charge < -0.3 is 9.88 Å². The number of aromatic nitrogens is 2. The van der Waals surface area contributed by atoms with Gasteiger partial charge in [-0.05, 0) is 78.4 Å². The van der Waals surface area contributed by atoms with E-state index >= 15 is 0 Å². The maximum Gasteiger partial charge on any atom is 0.228 e. The zero-order chi connectivity index (χ0) is 26.5. The van der Waals surface area contributed by atoms with Crippen LogP contribution in [0.15, 0.2) is 95.9 Å². The normalized spacial score (nSPS) is 11.0. The first kappa shape index (κ1) is 25.5. The molecular weight excluding hydrogens is 490 g/mol. The second-order valence-electron chi connectivity index (χ2n) is 9.25. The third-order valence-corrected chi connectivity index (χ3v) is 7.29. The van der Waals surface area contributed by atoms with Crippen LogP contribution >= 0.6 is 11.8 Å². The summed E-state index contributed by atoms with van der Waals surface area (Å²) in [5, 5.41) is 3.00. The van der Waals surface area contributed by atoms with Crippen LogP contribution in [0.2, 0.25) is 0 Å². The molecule has 0 fully saturated rings. The Bertz CT molecular complexity index is 1570. The Morgan fingerprint density at radius 2 is 1.63 bits per heavy atom. The van der Waals surface area contributed by atoms with Crippen LogP contribution in [-0.4, -0.2) is 27.5 Å². The van der Waals surface area contributed by atoms with E-state index in [0.29, 0.717) is 18.5 Å².